The molecular weight excluding hydrogens is 390 g/mol. The van der Waals surface area contributed by atoms with E-state index < -0.39 is 0 Å². The number of carbonyl (C=O) groups is 1. The Kier molecular flexibility index (Phi) is 5.32. The van der Waals surface area contributed by atoms with Crippen LogP contribution in [-0.4, -0.2) is 22.8 Å². The first kappa shape index (κ1) is 16.7. The fraction of sp³-hybridized carbons (Fsp3) is 0.176. The summed E-state index contributed by atoms with van der Waals surface area (Å²) in [6.07, 6.45) is 1.99. The maximum absolute atomic E-state index is 12.3. The Labute approximate surface area is 152 Å². The van der Waals surface area contributed by atoms with Crippen LogP contribution in [-0.2, 0) is 17.8 Å². The van der Waals surface area contributed by atoms with E-state index in [0.717, 1.165) is 20.7 Å². The van der Waals surface area contributed by atoms with Crippen molar-refractivity contribution in [3.05, 3.63) is 62.9 Å². The molecule has 0 spiro atoms. The molecule has 0 bridgehead atoms. The molecule has 3 aromatic rings. The number of benzene rings is 1. The van der Waals surface area contributed by atoms with E-state index in [1.165, 1.54) is 0 Å². The lowest BCUT2D eigenvalue weighted by molar-refractivity contribution is -0.115. The van der Waals surface area contributed by atoms with Crippen LogP contribution in [0.4, 0.5) is 5.82 Å². The van der Waals surface area contributed by atoms with Crippen molar-refractivity contribution in [3.8, 4) is 5.75 Å². The zero-order valence-electron chi connectivity index (χ0n) is 13.0. The number of nitrogens with one attached hydrogen (secondary N) is 1. The first-order chi connectivity index (χ1) is 11.6. The van der Waals surface area contributed by atoms with Gasteiger partial charge in [-0.2, -0.15) is 5.10 Å². The quantitative estimate of drug-likeness (QED) is 0.675. The van der Waals surface area contributed by atoms with Crippen molar-refractivity contribution in [1.82, 2.24) is 9.78 Å². The van der Waals surface area contributed by atoms with Gasteiger partial charge in [0.2, 0.25) is 5.91 Å². The van der Waals surface area contributed by atoms with Crippen molar-refractivity contribution in [2.24, 2.45) is 0 Å². The lowest BCUT2D eigenvalue weighted by Gasteiger charge is -2.08. The Morgan fingerprint density at radius 3 is 2.79 bits per heavy atom. The molecule has 0 saturated carbocycles. The van der Waals surface area contributed by atoms with Gasteiger partial charge in [-0.1, -0.05) is 12.1 Å². The molecule has 0 saturated heterocycles. The minimum Gasteiger partial charge on any atom is -0.497 e. The van der Waals surface area contributed by atoms with Gasteiger partial charge in [-0.25, -0.2) is 4.68 Å². The number of hydrogen-bond donors (Lipinski definition) is 1. The Morgan fingerprint density at radius 1 is 1.33 bits per heavy atom. The molecule has 3 rings (SSSR count). The third kappa shape index (κ3) is 4.24. The van der Waals surface area contributed by atoms with Crippen molar-refractivity contribution >= 4 is 39.0 Å². The van der Waals surface area contributed by atoms with E-state index in [4.69, 9.17) is 4.74 Å². The summed E-state index contributed by atoms with van der Waals surface area (Å²) in [6, 6.07) is 11.3. The Hall–Kier alpha value is -2.12. The highest BCUT2D eigenvalue weighted by molar-refractivity contribution is 9.10. The molecule has 0 fully saturated rings. The van der Waals surface area contributed by atoms with Crippen LogP contribution in [0.5, 0.6) is 5.75 Å². The molecule has 124 valence electrons. The van der Waals surface area contributed by atoms with E-state index >= 15 is 0 Å². The highest BCUT2D eigenvalue weighted by Gasteiger charge is 2.09. The molecular formula is C17H16BrN3O2S. The number of amides is 1. The average molecular weight is 406 g/mol. The van der Waals surface area contributed by atoms with Crippen LogP contribution in [0, 0.1) is 0 Å². The Balaban J connectivity index is 1.63. The lowest BCUT2D eigenvalue weighted by atomic mass is 10.1. The number of nitrogens with zero attached hydrogens (tertiary/aromatic N) is 2. The summed E-state index contributed by atoms with van der Waals surface area (Å²) in [5.74, 6) is 1.40. The second-order valence-corrected chi connectivity index (χ2v) is 7.09. The fourth-order valence-corrected chi connectivity index (χ4v) is 3.70. The molecule has 2 aromatic heterocycles. The molecule has 0 aliphatic heterocycles. The van der Waals surface area contributed by atoms with E-state index in [1.807, 2.05) is 29.6 Å². The van der Waals surface area contributed by atoms with Crippen LogP contribution in [0.3, 0.4) is 0 Å². The van der Waals surface area contributed by atoms with E-state index in [2.05, 4.69) is 32.4 Å². The summed E-state index contributed by atoms with van der Waals surface area (Å²) in [5.41, 5.74) is 0.932. The molecule has 0 aliphatic carbocycles. The Bertz CT molecular complexity index is 826. The van der Waals surface area contributed by atoms with Crippen molar-refractivity contribution in [2.45, 2.75) is 13.0 Å². The van der Waals surface area contributed by atoms with Gasteiger partial charge in [-0.15, -0.1) is 11.3 Å². The summed E-state index contributed by atoms with van der Waals surface area (Å²) in [4.78, 5) is 13.4. The van der Waals surface area contributed by atoms with Crippen molar-refractivity contribution in [2.75, 3.05) is 12.4 Å². The normalized spacial score (nSPS) is 10.6. The smallest absolute Gasteiger partial charge is 0.229 e. The molecule has 1 amide bonds. The van der Waals surface area contributed by atoms with Gasteiger partial charge in [-0.3, -0.25) is 4.79 Å². The number of anilines is 1. The number of ether oxygens (including phenoxy) is 1. The summed E-state index contributed by atoms with van der Waals surface area (Å²) >= 11 is 5.09. The number of carbonyl (C=O) groups excluding carboxylic acids is 1. The van der Waals surface area contributed by atoms with Crippen LogP contribution in [0.1, 0.15) is 10.4 Å². The summed E-state index contributed by atoms with van der Waals surface area (Å²) in [5, 5.41) is 9.23. The monoisotopic (exact) mass is 405 g/mol. The second kappa shape index (κ2) is 7.63. The van der Waals surface area contributed by atoms with E-state index in [9.17, 15) is 4.79 Å². The topological polar surface area (TPSA) is 56.1 Å². The molecule has 0 radical (unpaired) electrons. The molecule has 5 nitrogen and oxygen atoms in total. The van der Waals surface area contributed by atoms with Gasteiger partial charge in [0.1, 0.15) is 11.6 Å². The summed E-state index contributed by atoms with van der Waals surface area (Å²) < 4.78 is 7.96. The molecule has 1 N–H and O–H groups in total. The predicted octanol–water partition coefficient (Wildman–Crippen LogP) is 3.95. The van der Waals surface area contributed by atoms with E-state index in [0.29, 0.717) is 18.8 Å². The van der Waals surface area contributed by atoms with Crippen LogP contribution in [0.25, 0.3) is 0 Å². The van der Waals surface area contributed by atoms with Crippen LogP contribution >= 0.6 is 27.3 Å². The van der Waals surface area contributed by atoms with Gasteiger partial charge in [0.05, 0.1) is 26.3 Å². The maximum Gasteiger partial charge on any atom is 0.229 e. The maximum atomic E-state index is 12.3. The molecule has 1 aromatic carbocycles. The zero-order valence-corrected chi connectivity index (χ0v) is 15.4. The van der Waals surface area contributed by atoms with Crippen molar-refractivity contribution in [1.29, 1.82) is 0 Å². The van der Waals surface area contributed by atoms with Gasteiger partial charge in [0, 0.05) is 20.8 Å². The molecule has 7 heteroatoms. The largest absolute Gasteiger partial charge is 0.497 e. The van der Waals surface area contributed by atoms with E-state index in [-0.39, 0.29) is 5.91 Å². The molecule has 0 aliphatic rings. The lowest BCUT2D eigenvalue weighted by Crippen LogP contribution is -2.17. The third-order valence-corrected chi connectivity index (χ3v) is 5.12. The van der Waals surface area contributed by atoms with Crippen LogP contribution < -0.4 is 10.1 Å². The van der Waals surface area contributed by atoms with Gasteiger partial charge < -0.3 is 10.1 Å². The molecule has 0 atom stereocenters. The van der Waals surface area contributed by atoms with E-state index in [1.54, 1.807) is 35.4 Å². The van der Waals surface area contributed by atoms with Gasteiger partial charge in [0.15, 0.2) is 0 Å². The Morgan fingerprint density at radius 2 is 2.12 bits per heavy atom. The van der Waals surface area contributed by atoms with Gasteiger partial charge in [-0.05, 0) is 39.7 Å². The molecule has 2 heterocycles. The number of thiophene rings is 1. The second-order valence-electron chi connectivity index (χ2n) is 5.18. The van der Waals surface area contributed by atoms with Gasteiger partial charge in [0.25, 0.3) is 0 Å². The third-order valence-electron chi connectivity index (χ3n) is 3.44. The van der Waals surface area contributed by atoms with Crippen LogP contribution in [0.15, 0.2) is 52.4 Å². The number of rotatable bonds is 6. The number of methoxy groups -OCH3 is 1. The summed E-state index contributed by atoms with van der Waals surface area (Å²) in [6.45, 7) is 0.626. The number of aromatic nitrogens is 2. The standard InChI is InChI=1S/C17H16BrN3O2S/c1-23-14-4-2-12(3-5-14)8-17(22)20-16-6-7-19-21(16)10-15-9-13(18)11-24-15/h2-7,9,11H,8,10H2,1H3,(H,20,22). The van der Waals surface area contributed by atoms with Crippen molar-refractivity contribution in [3.63, 3.8) is 0 Å². The highest BCUT2D eigenvalue weighted by Crippen LogP contribution is 2.21. The fourth-order valence-electron chi connectivity index (χ4n) is 2.26. The number of hydrogen-bond acceptors (Lipinski definition) is 4. The SMILES string of the molecule is COc1ccc(CC(=O)Nc2ccnn2Cc2cc(Br)cs2)cc1. The summed E-state index contributed by atoms with van der Waals surface area (Å²) in [7, 11) is 1.62. The predicted molar refractivity (Wildman–Crippen MR) is 98.7 cm³/mol. The van der Waals surface area contributed by atoms with Crippen molar-refractivity contribution < 1.29 is 9.53 Å². The zero-order chi connectivity index (χ0) is 16.9. The minimum absolute atomic E-state index is 0.0747. The van der Waals surface area contributed by atoms with Gasteiger partial charge >= 0.3 is 0 Å². The minimum atomic E-state index is -0.0747. The first-order valence-electron chi connectivity index (χ1n) is 7.31. The van der Waals surface area contributed by atoms with Crippen LogP contribution in [0.2, 0.25) is 0 Å². The first-order valence-corrected chi connectivity index (χ1v) is 8.99. The highest BCUT2D eigenvalue weighted by atomic mass is 79.9. The average Bonchev–Trinajstić information content (AvgIpc) is 3.18. The molecule has 0 unspecified atom stereocenters. The number of halogens is 1. The molecule has 24 heavy (non-hydrogen) atoms.